The monoisotopic (exact) mass is 439 g/mol. The molecule has 1 N–H and O–H groups in total. The minimum Gasteiger partial charge on any atom is -0.437 e. The Kier molecular flexibility index (Phi) is 6.16. The lowest BCUT2D eigenvalue weighted by Crippen LogP contribution is -2.55. The first-order chi connectivity index (χ1) is 15.4. The second-order valence-electron chi connectivity index (χ2n) is 8.24. The van der Waals surface area contributed by atoms with E-state index in [0.29, 0.717) is 23.4 Å². The summed E-state index contributed by atoms with van der Waals surface area (Å²) in [4.78, 5) is 37.3. The molecule has 0 saturated heterocycles. The number of fused-ring (bicyclic) bond motifs is 1. The molecule has 9 nitrogen and oxygen atoms in total. The molecule has 1 aliphatic carbocycles. The van der Waals surface area contributed by atoms with Crippen molar-refractivity contribution in [3.63, 3.8) is 0 Å². The number of aryl methyl sites for hydroxylation is 1. The fourth-order valence-electron chi connectivity index (χ4n) is 4.60. The molecule has 1 aliphatic heterocycles. The number of carbonyl (C=O) groups excluding carboxylic acids is 2. The molecule has 1 saturated carbocycles. The standard InChI is InChI=1S/C23H29N5O4/c1-5-17-22(29)27(3)19-13-24-20(11-18(19)28(17)15-8-6-7-9-15)26-21-14(2)10-16(12-25-21)32-23(30)31-4/h10-13,15,17H,5-9H2,1-4H3,(H,24,25,26)/t17-/m1/s1. The van der Waals surface area contributed by atoms with Gasteiger partial charge in [-0.15, -0.1) is 0 Å². The number of carbonyl (C=O) groups is 2. The van der Waals surface area contributed by atoms with Crippen LogP contribution in [0.25, 0.3) is 0 Å². The molecule has 9 heteroatoms. The Hall–Kier alpha value is -3.36. The minimum atomic E-state index is -0.792. The molecule has 2 aromatic rings. The van der Waals surface area contributed by atoms with Gasteiger partial charge in [0.15, 0.2) is 5.75 Å². The van der Waals surface area contributed by atoms with Crippen LogP contribution in [-0.4, -0.2) is 48.3 Å². The summed E-state index contributed by atoms with van der Waals surface area (Å²) in [6.45, 7) is 3.93. The summed E-state index contributed by atoms with van der Waals surface area (Å²) < 4.78 is 9.54. The zero-order valence-corrected chi connectivity index (χ0v) is 18.9. The maximum absolute atomic E-state index is 13.0. The van der Waals surface area contributed by atoms with Gasteiger partial charge in [0.25, 0.3) is 0 Å². The van der Waals surface area contributed by atoms with E-state index in [1.165, 1.54) is 26.1 Å². The lowest BCUT2D eigenvalue weighted by atomic mass is 10.0. The Labute approximate surface area is 187 Å². The number of nitrogens with zero attached hydrogens (tertiary/aromatic N) is 4. The average Bonchev–Trinajstić information content (AvgIpc) is 3.32. The third-order valence-corrected chi connectivity index (χ3v) is 6.23. The summed E-state index contributed by atoms with van der Waals surface area (Å²) >= 11 is 0. The molecule has 0 radical (unpaired) electrons. The Bertz CT molecular complexity index is 1020. The summed E-state index contributed by atoms with van der Waals surface area (Å²) in [6, 6.07) is 3.90. The van der Waals surface area contributed by atoms with Gasteiger partial charge in [0, 0.05) is 19.2 Å². The van der Waals surface area contributed by atoms with E-state index >= 15 is 0 Å². The van der Waals surface area contributed by atoms with E-state index in [4.69, 9.17) is 4.74 Å². The number of hydrogen-bond acceptors (Lipinski definition) is 8. The zero-order valence-electron chi connectivity index (χ0n) is 18.9. The van der Waals surface area contributed by atoms with Crippen LogP contribution in [0, 0.1) is 6.92 Å². The highest BCUT2D eigenvalue weighted by Crippen LogP contribution is 2.41. The Balaban J connectivity index is 1.65. The number of nitrogens with one attached hydrogen (secondary N) is 1. The van der Waals surface area contributed by atoms with Crippen molar-refractivity contribution in [2.24, 2.45) is 0 Å². The quantitative estimate of drug-likeness (QED) is 0.693. The largest absolute Gasteiger partial charge is 0.513 e. The lowest BCUT2D eigenvalue weighted by Gasteiger charge is -2.44. The normalized spacial score (nSPS) is 18.5. The summed E-state index contributed by atoms with van der Waals surface area (Å²) in [5.74, 6) is 1.67. The highest BCUT2D eigenvalue weighted by molar-refractivity contribution is 6.05. The third kappa shape index (κ3) is 4.06. The first-order valence-corrected chi connectivity index (χ1v) is 11.0. The van der Waals surface area contributed by atoms with Gasteiger partial charge in [0.05, 0.1) is 30.9 Å². The molecule has 0 spiro atoms. The van der Waals surface area contributed by atoms with Gasteiger partial charge in [-0.3, -0.25) is 4.79 Å². The van der Waals surface area contributed by atoms with Crippen LogP contribution in [0.15, 0.2) is 24.5 Å². The smallest absolute Gasteiger partial charge is 0.437 e. The number of aromatic nitrogens is 2. The maximum Gasteiger partial charge on any atom is 0.513 e. The molecule has 32 heavy (non-hydrogen) atoms. The molecule has 2 aromatic heterocycles. The van der Waals surface area contributed by atoms with Crippen molar-refractivity contribution in [2.75, 3.05) is 29.3 Å². The first-order valence-electron chi connectivity index (χ1n) is 11.0. The molecule has 0 unspecified atom stereocenters. The fraction of sp³-hybridized carbons (Fsp3) is 0.478. The number of anilines is 4. The van der Waals surface area contributed by atoms with Crippen molar-refractivity contribution < 1.29 is 19.1 Å². The summed E-state index contributed by atoms with van der Waals surface area (Å²) in [7, 11) is 3.07. The number of ether oxygens (including phenoxy) is 2. The third-order valence-electron chi connectivity index (χ3n) is 6.23. The van der Waals surface area contributed by atoms with E-state index in [1.807, 2.05) is 20.0 Å². The molecule has 3 heterocycles. The van der Waals surface area contributed by atoms with Crippen molar-refractivity contribution in [1.29, 1.82) is 0 Å². The van der Waals surface area contributed by atoms with Gasteiger partial charge in [-0.1, -0.05) is 19.8 Å². The maximum atomic E-state index is 13.0. The first kappa shape index (κ1) is 21.9. The van der Waals surface area contributed by atoms with E-state index in [9.17, 15) is 9.59 Å². The number of hydrogen-bond donors (Lipinski definition) is 1. The highest BCUT2D eigenvalue weighted by atomic mass is 16.7. The van der Waals surface area contributed by atoms with Gasteiger partial charge >= 0.3 is 6.16 Å². The van der Waals surface area contributed by atoms with Crippen LogP contribution in [0.3, 0.4) is 0 Å². The predicted molar refractivity (Wildman–Crippen MR) is 122 cm³/mol. The molecule has 1 atom stereocenters. The van der Waals surface area contributed by atoms with Gasteiger partial charge in [-0.2, -0.15) is 0 Å². The number of likely N-dealkylation sites (N-methyl/N-ethyl adjacent to an activating group) is 1. The SMILES string of the molecule is CC[C@@H]1C(=O)N(C)c2cnc(Nc3ncc(OC(=O)OC)cc3C)cc2N1C1CCCC1. The van der Waals surface area contributed by atoms with E-state index in [0.717, 1.165) is 36.2 Å². The number of amides is 1. The van der Waals surface area contributed by atoms with Gasteiger partial charge in [-0.05, 0) is 37.8 Å². The molecule has 170 valence electrons. The van der Waals surface area contributed by atoms with Crippen molar-refractivity contribution >= 4 is 35.1 Å². The predicted octanol–water partition coefficient (Wildman–Crippen LogP) is 4.18. The molecule has 0 bridgehead atoms. The Morgan fingerprint density at radius 3 is 2.59 bits per heavy atom. The molecule has 1 amide bonds. The van der Waals surface area contributed by atoms with Crippen molar-refractivity contribution in [3.05, 3.63) is 30.1 Å². The number of methoxy groups -OCH3 is 1. The topological polar surface area (TPSA) is 96.9 Å². The molecule has 0 aromatic carbocycles. The van der Waals surface area contributed by atoms with Crippen LogP contribution in [-0.2, 0) is 9.53 Å². The summed E-state index contributed by atoms with van der Waals surface area (Å²) in [6.07, 6.45) is 7.74. The molecule has 4 rings (SSSR count). The van der Waals surface area contributed by atoms with Gasteiger partial charge < -0.3 is 24.6 Å². The second-order valence-corrected chi connectivity index (χ2v) is 8.24. The number of pyridine rings is 2. The lowest BCUT2D eigenvalue weighted by molar-refractivity contribution is -0.120. The van der Waals surface area contributed by atoms with Crippen LogP contribution in [0.5, 0.6) is 5.75 Å². The highest BCUT2D eigenvalue weighted by Gasteiger charge is 2.40. The second kappa shape index (κ2) is 9.02. The van der Waals surface area contributed by atoms with Crippen LogP contribution in [0.2, 0.25) is 0 Å². The van der Waals surface area contributed by atoms with Crippen LogP contribution in [0.1, 0.15) is 44.6 Å². The van der Waals surface area contributed by atoms with Crippen molar-refractivity contribution in [3.8, 4) is 5.75 Å². The van der Waals surface area contributed by atoms with Crippen LogP contribution in [0.4, 0.5) is 27.8 Å². The van der Waals surface area contributed by atoms with Crippen LogP contribution >= 0.6 is 0 Å². The zero-order chi connectivity index (χ0) is 22.8. The van der Waals surface area contributed by atoms with E-state index in [1.54, 1.807) is 17.2 Å². The summed E-state index contributed by atoms with van der Waals surface area (Å²) in [5.41, 5.74) is 2.63. The molecular formula is C23H29N5O4. The van der Waals surface area contributed by atoms with Gasteiger partial charge in [0.1, 0.15) is 17.7 Å². The van der Waals surface area contributed by atoms with Crippen molar-refractivity contribution in [1.82, 2.24) is 9.97 Å². The summed E-state index contributed by atoms with van der Waals surface area (Å²) in [5, 5.41) is 3.26. The van der Waals surface area contributed by atoms with E-state index < -0.39 is 6.16 Å². The Morgan fingerprint density at radius 1 is 1.19 bits per heavy atom. The fourth-order valence-corrected chi connectivity index (χ4v) is 4.60. The van der Waals surface area contributed by atoms with Crippen LogP contribution < -0.4 is 19.9 Å². The van der Waals surface area contributed by atoms with E-state index in [-0.39, 0.29) is 11.9 Å². The van der Waals surface area contributed by atoms with Crippen molar-refractivity contribution in [2.45, 2.75) is 58.0 Å². The molecule has 1 fully saturated rings. The number of rotatable bonds is 5. The minimum absolute atomic E-state index is 0.119. The van der Waals surface area contributed by atoms with E-state index in [2.05, 4.69) is 31.8 Å². The van der Waals surface area contributed by atoms with Gasteiger partial charge in [0.2, 0.25) is 5.91 Å². The molecule has 2 aliphatic rings. The average molecular weight is 440 g/mol. The molecular weight excluding hydrogens is 410 g/mol. The Morgan fingerprint density at radius 2 is 1.94 bits per heavy atom. The van der Waals surface area contributed by atoms with Gasteiger partial charge in [-0.25, -0.2) is 14.8 Å².